The molecule has 2 aromatic carbocycles. The first-order chi connectivity index (χ1) is 11.6. The number of nitrogens with one attached hydrogen (secondary N) is 1. The standard InChI is InChI=1S/C19H16N2O2S/c20-17(22)16-12-15(11-13-7-3-1-4-8-13)24-19(16)21-18(23)14-9-5-2-6-10-14/h1-10,12H,11H2,(H2,20,22)(H,21,23). The number of primary amides is 1. The molecule has 5 heteroatoms. The van der Waals surface area contributed by atoms with Crippen LogP contribution in [0.4, 0.5) is 5.00 Å². The number of rotatable bonds is 5. The highest BCUT2D eigenvalue weighted by atomic mass is 32.1. The molecule has 120 valence electrons. The van der Waals surface area contributed by atoms with Gasteiger partial charge in [-0.25, -0.2) is 0 Å². The Bertz CT molecular complexity index is 858. The lowest BCUT2D eigenvalue weighted by Gasteiger charge is -2.04. The average Bonchev–Trinajstić information content (AvgIpc) is 2.99. The highest BCUT2D eigenvalue weighted by Crippen LogP contribution is 2.30. The summed E-state index contributed by atoms with van der Waals surface area (Å²) < 4.78 is 0. The van der Waals surface area contributed by atoms with Gasteiger partial charge < -0.3 is 11.1 Å². The Kier molecular flexibility index (Phi) is 4.72. The normalized spacial score (nSPS) is 10.3. The molecule has 1 heterocycles. The van der Waals surface area contributed by atoms with Crippen molar-refractivity contribution in [3.8, 4) is 0 Å². The Labute approximate surface area is 143 Å². The van der Waals surface area contributed by atoms with Gasteiger partial charge in [0.05, 0.1) is 5.56 Å². The van der Waals surface area contributed by atoms with Crippen molar-refractivity contribution in [1.29, 1.82) is 0 Å². The molecule has 0 aliphatic heterocycles. The molecule has 0 fully saturated rings. The molecular formula is C19H16N2O2S. The molecule has 3 N–H and O–H groups in total. The average molecular weight is 336 g/mol. The van der Waals surface area contributed by atoms with E-state index in [9.17, 15) is 9.59 Å². The highest BCUT2D eigenvalue weighted by Gasteiger charge is 2.16. The molecule has 1 aromatic heterocycles. The Balaban J connectivity index is 1.84. The Hall–Kier alpha value is -2.92. The van der Waals surface area contributed by atoms with Crippen LogP contribution in [0.3, 0.4) is 0 Å². The molecule has 0 radical (unpaired) electrons. The van der Waals surface area contributed by atoms with Gasteiger partial charge in [0.2, 0.25) is 0 Å². The van der Waals surface area contributed by atoms with E-state index < -0.39 is 5.91 Å². The molecule has 24 heavy (non-hydrogen) atoms. The van der Waals surface area contributed by atoms with E-state index in [2.05, 4.69) is 5.32 Å². The van der Waals surface area contributed by atoms with E-state index in [0.29, 0.717) is 22.5 Å². The lowest BCUT2D eigenvalue weighted by Crippen LogP contribution is -2.16. The molecule has 3 aromatic rings. The molecule has 0 aliphatic rings. The van der Waals surface area contributed by atoms with Crippen LogP contribution in [0.5, 0.6) is 0 Å². The number of nitrogens with two attached hydrogens (primary N) is 1. The molecule has 2 amide bonds. The second-order valence-corrected chi connectivity index (χ2v) is 6.44. The van der Waals surface area contributed by atoms with Crippen molar-refractivity contribution in [2.75, 3.05) is 5.32 Å². The van der Waals surface area contributed by atoms with Crippen molar-refractivity contribution in [3.63, 3.8) is 0 Å². The summed E-state index contributed by atoms with van der Waals surface area (Å²) in [6.45, 7) is 0. The number of carbonyl (C=O) groups is 2. The minimum Gasteiger partial charge on any atom is -0.366 e. The third-order valence-electron chi connectivity index (χ3n) is 3.53. The van der Waals surface area contributed by atoms with Crippen molar-refractivity contribution >= 4 is 28.2 Å². The molecular weight excluding hydrogens is 320 g/mol. The van der Waals surface area contributed by atoms with Gasteiger partial charge in [-0.1, -0.05) is 48.5 Å². The van der Waals surface area contributed by atoms with Crippen LogP contribution in [0.25, 0.3) is 0 Å². The molecule has 3 rings (SSSR count). The number of thiophene rings is 1. The van der Waals surface area contributed by atoms with E-state index in [4.69, 9.17) is 5.73 Å². The second kappa shape index (κ2) is 7.10. The summed E-state index contributed by atoms with van der Waals surface area (Å²) in [7, 11) is 0. The minimum atomic E-state index is -0.547. The summed E-state index contributed by atoms with van der Waals surface area (Å²) in [5.74, 6) is -0.805. The van der Waals surface area contributed by atoms with Crippen LogP contribution in [-0.4, -0.2) is 11.8 Å². The number of anilines is 1. The Morgan fingerprint density at radius 2 is 1.58 bits per heavy atom. The number of carbonyl (C=O) groups excluding carboxylic acids is 2. The lowest BCUT2D eigenvalue weighted by molar-refractivity contribution is 0.100. The number of hydrogen-bond acceptors (Lipinski definition) is 3. The van der Waals surface area contributed by atoms with Crippen LogP contribution >= 0.6 is 11.3 Å². The molecule has 0 unspecified atom stereocenters. The fraction of sp³-hybridized carbons (Fsp3) is 0.0526. The zero-order valence-electron chi connectivity index (χ0n) is 12.9. The topological polar surface area (TPSA) is 72.2 Å². The third kappa shape index (κ3) is 3.70. The van der Waals surface area contributed by atoms with Gasteiger partial charge in [0.15, 0.2) is 0 Å². The first-order valence-corrected chi connectivity index (χ1v) is 8.28. The van der Waals surface area contributed by atoms with Crippen molar-refractivity contribution in [2.45, 2.75) is 6.42 Å². The van der Waals surface area contributed by atoms with Crippen molar-refractivity contribution in [1.82, 2.24) is 0 Å². The van der Waals surface area contributed by atoms with Gasteiger partial charge in [-0.05, 0) is 23.8 Å². The molecule has 0 atom stereocenters. The van der Waals surface area contributed by atoms with Gasteiger partial charge in [-0.15, -0.1) is 11.3 Å². The van der Waals surface area contributed by atoms with E-state index in [0.717, 1.165) is 10.4 Å². The maximum absolute atomic E-state index is 12.3. The summed E-state index contributed by atoms with van der Waals surface area (Å²) >= 11 is 1.37. The second-order valence-electron chi connectivity index (χ2n) is 5.30. The van der Waals surface area contributed by atoms with Gasteiger partial charge in [-0.3, -0.25) is 9.59 Å². The molecule has 0 saturated carbocycles. The zero-order chi connectivity index (χ0) is 16.9. The Morgan fingerprint density at radius 3 is 2.21 bits per heavy atom. The predicted molar refractivity (Wildman–Crippen MR) is 96.5 cm³/mol. The molecule has 0 saturated heterocycles. The smallest absolute Gasteiger partial charge is 0.256 e. The molecule has 4 nitrogen and oxygen atoms in total. The van der Waals surface area contributed by atoms with Crippen LogP contribution in [0.15, 0.2) is 66.7 Å². The number of amides is 2. The van der Waals surface area contributed by atoms with Crippen LogP contribution in [-0.2, 0) is 6.42 Å². The van der Waals surface area contributed by atoms with Crippen LogP contribution in [0.1, 0.15) is 31.2 Å². The van der Waals surface area contributed by atoms with Crippen LogP contribution < -0.4 is 11.1 Å². The minimum absolute atomic E-state index is 0.258. The summed E-state index contributed by atoms with van der Waals surface area (Å²) in [6.07, 6.45) is 0.687. The van der Waals surface area contributed by atoms with Gasteiger partial charge in [0, 0.05) is 16.9 Å². The SMILES string of the molecule is NC(=O)c1cc(Cc2ccccc2)sc1NC(=O)c1ccccc1. The van der Waals surface area contributed by atoms with Crippen LogP contribution in [0.2, 0.25) is 0 Å². The maximum Gasteiger partial charge on any atom is 0.256 e. The quantitative estimate of drug-likeness (QED) is 0.746. The van der Waals surface area contributed by atoms with Gasteiger partial charge >= 0.3 is 0 Å². The van der Waals surface area contributed by atoms with Crippen LogP contribution in [0, 0.1) is 0 Å². The van der Waals surface area contributed by atoms with E-state index in [-0.39, 0.29) is 5.91 Å². The first-order valence-electron chi connectivity index (χ1n) is 7.46. The van der Waals surface area contributed by atoms with Crippen molar-refractivity contribution in [3.05, 3.63) is 88.3 Å². The summed E-state index contributed by atoms with van der Waals surface area (Å²) in [5, 5.41) is 3.28. The monoisotopic (exact) mass is 336 g/mol. The molecule has 0 bridgehead atoms. The van der Waals surface area contributed by atoms with E-state index in [1.54, 1.807) is 30.3 Å². The number of benzene rings is 2. The summed E-state index contributed by atoms with van der Waals surface area (Å²) in [4.78, 5) is 25.0. The Morgan fingerprint density at radius 1 is 0.958 bits per heavy atom. The van der Waals surface area contributed by atoms with E-state index in [1.165, 1.54) is 11.3 Å². The predicted octanol–water partition coefficient (Wildman–Crippen LogP) is 3.69. The maximum atomic E-state index is 12.3. The zero-order valence-corrected chi connectivity index (χ0v) is 13.7. The molecule has 0 spiro atoms. The van der Waals surface area contributed by atoms with E-state index >= 15 is 0 Å². The fourth-order valence-corrected chi connectivity index (χ4v) is 3.46. The van der Waals surface area contributed by atoms with Crippen molar-refractivity contribution in [2.24, 2.45) is 5.73 Å². The third-order valence-corrected chi connectivity index (χ3v) is 4.58. The van der Waals surface area contributed by atoms with Gasteiger partial charge in [-0.2, -0.15) is 0 Å². The lowest BCUT2D eigenvalue weighted by atomic mass is 10.1. The van der Waals surface area contributed by atoms with Gasteiger partial charge in [0.25, 0.3) is 11.8 Å². The van der Waals surface area contributed by atoms with Gasteiger partial charge in [0.1, 0.15) is 5.00 Å². The molecule has 0 aliphatic carbocycles. The summed E-state index contributed by atoms with van der Waals surface area (Å²) in [6, 6.07) is 20.5. The van der Waals surface area contributed by atoms with Crippen molar-refractivity contribution < 1.29 is 9.59 Å². The van der Waals surface area contributed by atoms with E-state index in [1.807, 2.05) is 36.4 Å². The number of hydrogen-bond donors (Lipinski definition) is 2. The summed E-state index contributed by atoms with van der Waals surface area (Å²) in [5.41, 5.74) is 7.46. The highest BCUT2D eigenvalue weighted by molar-refractivity contribution is 7.16. The fourth-order valence-electron chi connectivity index (χ4n) is 2.37. The largest absolute Gasteiger partial charge is 0.366 e. The first kappa shape index (κ1) is 16.0.